The number of hydrogen-bond donors (Lipinski definition) is 2. The fraction of sp³-hybridized carbons (Fsp3) is 0.929. The van der Waals surface area contributed by atoms with Crippen molar-refractivity contribution < 1.29 is 0 Å². The molecule has 0 aliphatic carbocycles. The van der Waals surface area contributed by atoms with E-state index >= 15 is 0 Å². The molecule has 0 fully saturated rings. The molecular formula is C14H30N2S. The van der Waals surface area contributed by atoms with Gasteiger partial charge in [0, 0.05) is 12.6 Å². The van der Waals surface area contributed by atoms with Crippen LogP contribution in [0.1, 0.15) is 72.1 Å². The highest BCUT2D eigenvalue weighted by Crippen LogP contribution is 2.02. The zero-order chi connectivity index (χ0) is 12.9. The lowest BCUT2D eigenvalue weighted by Gasteiger charge is -2.16. The molecule has 1 atom stereocenters. The van der Waals surface area contributed by atoms with Crippen molar-refractivity contribution in [3.05, 3.63) is 0 Å². The van der Waals surface area contributed by atoms with Gasteiger partial charge < -0.3 is 10.6 Å². The van der Waals surface area contributed by atoms with Crippen LogP contribution in [0, 0.1) is 0 Å². The SMILES string of the molecule is CCCCCCNC(=S)NC(C)CCCCC. The van der Waals surface area contributed by atoms with E-state index in [1.165, 1.54) is 51.4 Å². The van der Waals surface area contributed by atoms with Crippen molar-refractivity contribution in [2.24, 2.45) is 0 Å². The van der Waals surface area contributed by atoms with Crippen LogP contribution in [0.4, 0.5) is 0 Å². The molecule has 0 radical (unpaired) electrons. The molecule has 0 aliphatic rings. The summed E-state index contributed by atoms with van der Waals surface area (Å²) in [6.07, 6.45) is 10.3. The zero-order valence-corrected chi connectivity index (χ0v) is 12.7. The highest BCUT2D eigenvalue weighted by Gasteiger charge is 2.02. The molecule has 0 aromatic carbocycles. The Morgan fingerprint density at radius 1 is 1.00 bits per heavy atom. The summed E-state index contributed by atoms with van der Waals surface area (Å²) < 4.78 is 0. The van der Waals surface area contributed by atoms with E-state index in [2.05, 4.69) is 31.4 Å². The highest BCUT2D eigenvalue weighted by atomic mass is 32.1. The average Bonchev–Trinajstić information content (AvgIpc) is 2.29. The standard InChI is InChI=1S/C14H30N2S/c1-4-6-8-10-12-15-14(17)16-13(3)11-9-7-5-2/h13H,4-12H2,1-3H3,(H2,15,16,17). The average molecular weight is 258 g/mol. The maximum Gasteiger partial charge on any atom is 0.166 e. The van der Waals surface area contributed by atoms with Crippen molar-refractivity contribution in [3.63, 3.8) is 0 Å². The number of hydrogen-bond acceptors (Lipinski definition) is 1. The third-order valence-corrected chi connectivity index (χ3v) is 3.20. The van der Waals surface area contributed by atoms with E-state index in [9.17, 15) is 0 Å². The Balaban J connectivity index is 3.37. The van der Waals surface area contributed by atoms with Crippen LogP contribution < -0.4 is 10.6 Å². The smallest absolute Gasteiger partial charge is 0.166 e. The molecular weight excluding hydrogens is 228 g/mol. The van der Waals surface area contributed by atoms with E-state index in [1.807, 2.05) is 0 Å². The van der Waals surface area contributed by atoms with Crippen LogP contribution in [0.15, 0.2) is 0 Å². The van der Waals surface area contributed by atoms with Crippen molar-refractivity contribution in [2.45, 2.75) is 78.2 Å². The molecule has 0 aromatic heterocycles. The van der Waals surface area contributed by atoms with Crippen LogP contribution in [0.5, 0.6) is 0 Å². The molecule has 1 unspecified atom stereocenters. The minimum atomic E-state index is 0.497. The second-order valence-electron chi connectivity index (χ2n) is 4.86. The monoisotopic (exact) mass is 258 g/mol. The minimum Gasteiger partial charge on any atom is -0.363 e. The Morgan fingerprint density at radius 3 is 2.29 bits per heavy atom. The van der Waals surface area contributed by atoms with Gasteiger partial charge in [-0.15, -0.1) is 0 Å². The van der Waals surface area contributed by atoms with Gasteiger partial charge in [0.25, 0.3) is 0 Å². The minimum absolute atomic E-state index is 0.497. The summed E-state index contributed by atoms with van der Waals surface area (Å²) in [5.41, 5.74) is 0. The summed E-state index contributed by atoms with van der Waals surface area (Å²) >= 11 is 5.26. The molecule has 2 nitrogen and oxygen atoms in total. The summed E-state index contributed by atoms with van der Waals surface area (Å²) in [5, 5.41) is 7.46. The van der Waals surface area contributed by atoms with Gasteiger partial charge in [0.15, 0.2) is 5.11 Å². The van der Waals surface area contributed by atoms with E-state index in [0.717, 1.165) is 11.7 Å². The number of thiocarbonyl (C=S) groups is 1. The molecule has 0 heterocycles. The van der Waals surface area contributed by atoms with Crippen molar-refractivity contribution in [2.75, 3.05) is 6.54 Å². The second-order valence-corrected chi connectivity index (χ2v) is 5.27. The zero-order valence-electron chi connectivity index (χ0n) is 11.8. The lowest BCUT2D eigenvalue weighted by atomic mass is 10.1. The first-order valence-corrected chi connectivity index (χ1v) is 7.65. The first-order chi connectivity index (χ1) is 8.20. The van der Waals surface area contributed by atoms with Crippen LogP contribution in [0.25, 0.3) is 0 Å². The number of nitrogens with one attached hydrogen (secondary N) is 2. The Kier molecular flexibility index (Phi) is 11.9. The van der Waals surface area contributed by atoms with Gasteiger partial charge in [-0.25, -0.2) is 0 Å². The molecule has 0 aliphatic heterocycles. The Labute approximate surface area is 113 Å². The molecule has 17 heavy (non-hydrogen) atoms. The van der Waals surface area contributed by atoms with E-state index in [-0.39, 0.29) is 0 Å². The molecule has 102 valence electrons. The fourth-order valence-corrected chi connectivity index (χ4v) is 2.10. The summed E-state index contributed by atoms with van der Waals surface area (Å²) in [4.78, 5) is 0. The van der Waals surface area contributed by atoms with Gasteiger partial charge in [-0.05, 0) is 32.0 Å². The molecule has 0 bridgehead atoms. The number of rotatable bonds is 10. The first kappa shape index (κ1) is 16.7. The maximum absolute atomic E-state index is 5.26. The lowest BCUT2D eigenvalue weighted by Crippen LogP contribution is -2.40. The van der Waals surface area contributed by atoms with Crippen molar-refractivity contribution in [3.8, 4) is 0 Å². The molecule has 0 saturated carbocycles. The topological polar surface area (TPSA) is 24.1 Å². The van der Waals surface area contributed by atoms with Crippen molar-refractivity contribution >= 4 is 17.3 Å². The Bertz CT molecular complexity index is 183. The van der Waals surface area contributed by atoms with Crippen molar-refractivity contribution in [1.82, 2.24) is 10.6 Å². The van der Waals surface area contributed by atoms with Crippen LogP contribution in [0.2, 0.25) is 0 Å². The van der Waals surface area contributed by atoms with Gasteiger partial charge in [-0.1, -0.05) is 52.4 Å². The molecule has 0 aromatic rings. The quantitative estimate of drug-likeness (QED) is 0.457. The third-order valence-electron chi connectivity index (χ3n) is 2.93. The maximum atomic E-state index is 5.26. The summed E-state index contributed by atoms with van der Waals surface area (Å²) in [7, 11) is 0. The lowest BCUT2D eigenvalue weighted by molar-refractivity contribution is 0.548. The summed E-state index contributed by atoms with van der Waals surface area (Å²) in [6, 6.07) is 0.497. The van der Waals surface area contributed by atoms with Crippen molar-refractivity contribution in [1.29, 1.82) is 0 Å². The van der Waals surface area contributed by atoms with Crippen LogP contribution >= 0.6 is 12.2 Å². The van der Waals surface area contributed by atoms with E-state index in [1.54, 1.807) is 0 Å². The van der Waals surface area contributed by atoms with Gasteiger partial charge in [0.2, 0.25) is 0 Å². The normalized spacial score (nSPS) is 12.2. The van der Waals surface area contributed by atoms with Gasteiger partial charge in [0.05, 0.1) is 0 Å². The number of unbranched alkanes of at least 4 members (excludes halogenated alkanes) is 5. The van der Waals surface area contributed by atoms with E-state index in [4.69, 9.17) is 12.2 Å². The largest absolute Gasteiger partial charge is 0.363 e. The van der Waals surface area contributed by atoms with E-state index < -0.39 is 0 Å². The Hall–Kier alpha value is -0.310. The summed E-state index contributed by atoms with van der Waals surface area (Å²) in [5.74, 6) is 0. The van der Waals surface area contributed by atoms with Gasteiger partial charge in [-0.3, -0.25) is 0 Å². The predicted molar refractivity (Wildman–Crippen MR) is 81.5 cm³/mol. The molecule has 0 amide bonds. The molecule has 0 spiro atoms. The molecule has 0 rings (SSSR count). The fourth-order valence-electron chi connectivity index (χ4n) is 1.80. The van der Waals surface area contributed by atoms with E-state index in [0.29, 0.717) is 6.04 Å². The molecule has 0 saturated heterocycles. The predicted octanol–water partition coefficient (Wildman–Crippen LogP) is 4.00. The first-order valence-electron chi connectivity index (χ1n) is 7.25. The molecule has 3 heteroatoms. The Morgan fingerprint density at radius 2 is 1.65 bits per heavy atom. The third kappa shape index (κ3) is 11.9. The van der Waals surface area contributed by atoms with Gasteiger partial charge >= 0.3 is 0 Å². The van der Waals surface area contributed by atoms with Crippen LogP contribution in [-0.4, -0.2) is 17.7 Å². The van der Waals surface area contributed by atoms with Crippen LogP contribution in [0.3, 0.4) is 0 Å². The summed E-state index contributed by atoms with van der Waals surface area (Å²) in [6.45, 7) is 7.69. The van der Waals surface area contributed by atoms with Gasteiger partial charge in [-0.2, -0.15) is 0 Å². The molecule has 2 N–H and O–H groups in total. The van der Waals surface area contributed by atoms with Gasteiger partial charge in [0.1, 0.15) is 0 Å². The highest BCUT2D eigenvalue weighted by molar-refractivity contribution is 7.80. The second kappa shape index (κ2) is 12.2. The van der Waals surface area contributed by atoms with Crippen LogP contribution in [-0.2, 0) is 0 Å².